The fourth-order valence-corrected chi connectivity index (χ4v) is 2.63. The summed E-state index contributed by atoms with van der Waals surface area (Å²) in [5, 5.41) is 6.88. The van der Waals surface area contributed by atoms with Crippen LogP contribution in [0.4, 0.5) is 5.69 Å². The smallest absolute Gasteiger partial charge is 0.280 e. The Morgan fingerprint density at radius 1 is 1.07 bits per heavy atom. The van der Waals surface area contributed by atoms with E-state index in [1.165, 1.54) is 20.1 Å². The number of nitrogens with zero attached hydrogens (tertiary/aromatic N) is 2. The van der Waals surface area contributed by atoms with Crippen LogP contribution in [0.25, 0.3) is 5.69 Å². The topological polar surface area (TPSA) is 90.3 Å². The molecular formula is C21H19N3O4. The van der Waals surface area contributed by atoms with Gasteiger partial charge in [-0.05, 0) is 38.1 Å². The molecule has 0 radical (unpaired) electrons. The average molecular weight is 377 g/mol. The highest BCUT2D eigenvalue weighted by atomic mass is 16.5. The molecule has 0 bridgehead atoms. The molecule has 0 aliphatic carbocycles. The van der Waals surface area contributed by atoms with Gasteiger partial charge in [0.05, 0.1) is 18.9 Å². The zero-order valence-electron chi connectivity index (χ0n) is 15.7. The fraction of sp³-hybridized carbons (Fsp3) is 0.143. The number of aryl methyl sites for hydroxylation is 1. The number of nitrogens with one attached hydrogen (secondary N) is 1. The van der Waals surface area contributed by atoms with Crippen molar-refractivity contribution >= 4 is 17.4 Å². The van der Waals surface area contributed by atoms with Crippen LogP contribution in [0.2, 0.25) is 0 Å². The number of amides is 1. The predicted molar refractivity (Wildman–Crippen MR) is 106 cm³/mol. The lowest BCUT2D eigenvalue weighted by atomic mass is 10.1. The maximum atomic E-state index is 12.8. The van der Waals surface area contributed by atoms with Gasteiger partial charge in [0, 0.05) is 11.3 Å². The van der Waals surface area contributed by atoms with E-state index < -0.39 is 11.5 Å². The van der Waals surface area contributed by atoms with Crippen molar-refractivity contribution in [1.82, 2.24) is 9.78 Å². The minimum Gasteiger partial charge on any atom is -0.494 e. The number of hydrogen-bond acceptors (Lipinski definition) is 5. The number of benzene rings is 2. The van der Waals surface area contributed by atoms with Crippen molar-refractivity contribution in [2.45, 2.75) is 13.8 Å². The summed E-state index contributed by atoms with van der Waals surface area (Å²) in [6.45, 7) is 3.38. The minimum atomic E-state index is -0.557. The van der Waals surface area contributed by atoms with E-state index in [-0.39, 0.29) is 17.2 Å². The molecule has 7 nitrogen and oxygen atoms in total. The van der Waals surface area contributed by atoms with E-state index in [9.17, 15) is 14.4 Å². The highest BCUT2D eigenvalue weighted by Gasteiger charge is 2.18. The summed E-state index contributed by atoms with van der Waals surface area (Å²) >= 11 is 0. The molecule has 142 valence electrons. The van der Waals surface area contributed by atoms with E-state index in [1.54, 1.807) is 36.4 Å². The molecule has 3 rings (SSSR count). The van der Waals surface area contributed by atoms with Crippen molar-refractivity contribution in [1.29, 1.82) is 0 Å². The van der Waals surface area contributed by atoms with Crippen LogP contribution in [0.1, 0.15) is 33.3 Å². The van der Waals surface area contributed by atoms with Gasteiger partial charge >= 0.3 is 0 Å². The summed E-state index contributed by atoms with van der Waals surface area (Å²) in [6, 6.07) is 15.0. The third kappa shape index (κ3) is 3.98. The first-order valence-corrected chi connectivity index (χ1v) is 8.57. The molecule has 1 N–H and O–H groups in total. The Bertz CT molecular complexity index is 1100. The molecule has 0 aliphatic heterocycles. The number of aromatic nitrogens is 2. The lowest BCUT2D eigenvalue weighted by Crippen LogP contribution is -2.26. The summed E-state index contributed by atoms with van der Waals surface area (Å²) in [6.07, 6.45) is 0. The first kappa shape index (κ1) is 19.0. The number of carbonyl (C=O) groups is 2. The Hall–Kier alpha value is -3.74. The number of methoxy groups -OCH3 is 1. The number of ether oxygens (including phenoxy) is 1. The summed E-state index contributed by atoms with van der Waals surface area (Å²) in [7, 11) is 1.36. The maximum Gasteiger partial charge on any atom is 0.280 e. The summed E-state index contributed by atoms with van der Waals surface area (Å²) in [4.78, 5) is 36.7. The van der Waals surface area contributed by atoms with Crippen molar-refractivity contribution in [2.24, 2.45) is 0 Å². The molecule has 1 aromatic heterocycles. The van der Waals surface area contributed by atoms with Gasteiger partial charge in [-0.2, -0.15) is 9.78 Å². The predicted octanol–water partition coefficient (Wildman–Crippen LogP) is 3.00. The monoisotopic (exact) mass is 377 g/mol. The molecule has 7 heteroatoms. The third-order valence-corrected chi connectivity index (χ3v) is 4.14. The second kappa shape index (κ2) is 7.87. The Balaban J connectivity index is 2.00. The highest BCUT2D eigenvalue weighted by molar-refractivity contribution is 6.05. The van der Waals surface area contributed by atoms with Gasteiger partial charge in [-0.3, -0.25) is 14.4 Å². The average Bonchev–Trinajstić information content (AvgIpc) is 2.68. The second-order valence-corrected chi connectivity index (χ2v) is 6.24. The molecule has 1 heterocycles. The second-order valence-electron chi connectivity index (χ2n) is 6.24. The molecule has 0 aliphatic rings. The number of ketones is 1. The zero-order chi connectivity index (χ0) is 20.3. The Labute approximate surface area is 161 Å². The van der Waals surface area contributed by atoms with Crippen LogP contribution in [-0.4, -0.2) is 28.6 Å². The van der Waals surface area contributed by atoms with Crippen LogP contribution in [0.5, 0.6) is 5.75 Å². The molecule has 1 amide bonds. The standard InChI is InChI=1S/C21H19N3O4/c1-13-7-9-17(10-8-13)24-19(26)12-18(28-3)20(23-24)21(27)22-16-6-4-5-15(11-16)14(2)25/h4-12H,1-3H3,(H,22,27). The van der Waals surface area contributed by atoms with Crippen LogP contribution in [-0.2, 0) is 0 Å². The van der Waals surface area contributed by atoms with E-state index >= 15 is 0 Å². The normalized spacial score (nSPS) is 10.4. The molecular weight excluding hydrogens is 358 g/mol. The molecule has 0 saturated carbocycles. The number of anilines is 1. The Morgan fingerprint density at radius 2 is 1.79 bits per heavy atom. The van der Waals surface area contributed by atoms with E-state index in [1.807, 2.05) is 19.1 Å². The van der Waals surface area contributed by atoms with Gasteiger partial charge in [0.15, 0.2) is 17.2 Å². The zero-order valence-corrected chi connectivity index (χ0v) is 15.7. The van der Waals surface area contributed by atoms with Crippen molar-refractivity contribution in [3.63, 3.8) is 0 Å². The van der Waals surface area contributed by atoms with Crippen molar-refractivity contribution in [3.8, 4) is 11.4 Å². The molecule has 0 spiro atoms. The minimum absolute atomic E-state index is 0.0455. The van der Waals surface area contributed by atoms with Gasteiger partial charge in [0.25, 0.3) is 11.5 Å². The molecule has 0 saturated heterocycles. The van der Waals surface area contributed by atoms with Crippen LogP contribution < -0.4 is 15.6 Å². The van der Waals surface area contributed by atoms with Crippen molar-refractivity contribution in [2.75, 3.05) is 12.4 Å². The highest BCUT2D eigenvalue weighted by Crippen LogP contribution is 2.18. The summed E-state index contributed by atoms with van der Waals surface area (Å²) in [5.74, 6) is -0.605. The largest absolute Gasteiger partial charge is 0.494 e. The summed E-state index contributed by atoms with van der Waals surface area (Å²) < 4.78 is 6.31. The number of carbonyl (C=O) groups excluding carboxylic acids is 2. The molecule has 3 aromatic rings. The first-order chi connectivity index (χ1) is 13.4. The van der Waals surface area contributed by atoms with Gasteiger partial charge in [-0.15, -0.1) is 0 Å². The van der Waals surface area contributed by atoms with Gasteiger partial charge in [0.1, 0.15) is 0 Å². The number of Topliss-reactive ketones (excluding diaryl/α,β-unsaturated/α-hetero) is 1. The molecule has 0 unspecified atom stereocenters. The fourth-order valence-electron chi connectivity index (χ4n) is 2.63. The van der Waals surface area contributed by atoms with Gasteiger partial charge in [-0.1, -0.05) is 29.8 Å². The Morgan fingerprint density at radius 3 is 2.43 bits per heavy atom. The molecule has 0 fully saturated rings. The quantitative estimate of drug-likeness (QED) is 0.690. The molecule has 0 atom stereocenters. The van der Waals surface area contributed by atoms with E-state index in [0.29, 0.717) is 16.9 Å². The first-order valence-electron chi connectivity index (χ1n) is 8.57. The van der Waals surface area contributed by atoms with Crippen molar-refractivity contribution < 1.29 is 14.3 Å². The van der Waals surface area contributed by atoms with Crippen LogP contribution in [0.3, 0.4) is 0 Å². The van der Waals surface area contributed by atoms with Crippen molar-refractivity contribution in [3.05, 3.63) is 81.8 Å². The van der Waals surface area contributed by atoms with E-state index in [0.717, 1.165) is 10.2 Å². The number of rotatable bonds is 5. The Kier molecular flexibility index (Phi) is 5.35. The molecule has 28 heavy (non-hydrogen) atoms. The van der Waals surface area contributed by atoms with E-state index in [2.05, 4.69) is 10.4 Å². The third-order valence-electron chi connectivity index (χ3n) is 4.14. The van der Waals surface area contributed by atoms with Crippen LogP contribution >= 0.6 is 0 Å². The SMILES string of the molecule is COc1cc(=O)n(-c2ccc(C)cc2)nc1C(=O)Nc1cccc(C(C)=O)c1. The lowest BCUT2D eigenvalue weighted by Gasteiger charge is -2.12. The molecule has 2 aromatic carbocycles. The van der Waals surface area contributed by atoms with Crippen LogP contribution in [0, 0.1) is 6.92 Å². The van der Waals surface area contributed by atoms with Crippen LogP contribution in [0.15, 0.2) is 59.4 Å². The van der Waals surface area contributed by atoms with Gasteiger partial charge in [0.2, 0.25) is 0 Å². The van der Waals surface area contributed by atoms with Gasteiger partial charge < -0.3 is 10.1 Å². The summed E-state index contributed by atoms with van der Waals surface area (Å²) in [5.41, 5.74) is 2.02. The number of hydrogen-bond donors (Lipinski definition) is 1. The lowest BCUT2D eigenvalue weighted by molar-refractivity contribution is 0.100. The maximum absolute atomic E-state index is 12.8. The van der Waals surface area contributed by atoms with Gasteiger partial charge in [-0.25, -0.2) is 0 Å². The van der Waals surface area contributed by atoms with E-state index in [4.69, 9.17) is 4.74 Å².